The van der Waals surface area contributed by atoms with Crippen LogP contribution in [-0.2, 0) is 0 Å². The second kappa shape index (κ2) is 1.70. The zero-order valence-electron chi connectivity index (χ0n) is 5.80. The third-order valence-corrected chi connectivity index (χ3v) is 2.99. The van der Waals surface area contributed by atoms with Crippen LogP contribution in [0.3, 0.4) is 0 Å². The zero-order valence-corrected chi connectivity index (χ0v) is 5.80. The Hall–Kier alpha value is -0.0800. The highest BCUT2D eigenvalue weighted by Crippen LogP contribution is 2.34. The van der Waals surface area contributed by atoms with Crippen molar-refractivity contribution in [2.24, 2.45) is 17.6 Å². The Bertz CT molecular complexity index is 106. The van der Waals surface area contributed by atoms with E-state index in [1.165, 1.54) is 6.42 Å². The van der Waals surface area contributed by atoms with Crippen LogP contribution in [0.5, 0.6) is 0 Å². The largest absolute Gasteiger partial charge is 0.327 e. The molecule has 0 aromatic carbocycles. The minimum atomic E-state index is 0.483. The molecule has 1 aliphatic heterocycles. The van der Waals surface area contributed by atoms with E-state index in [4.69, 9.17) is 5.73 Å². The Morgan fingerprint density at radius 3 is 2.67 bits per heavy atom. The molecule has 1 saturated heterocycles. The fourth-order valence-corrected chi connectivity index (χ4v) is 2.19. The minimum Gasteiger partial charge on any atom is -0.327 e. The van der Waals surface area contributed by atoms with Crippen LogP contribution < -0.4 is 11.1 Å². The molecule has 4 unspecified atom stereocenters. The molecule has 9 heavy (non-hydrogen) atoms. The standard InChI is InChI=1S/C7H14N2/c1-4-6-2-5(3-9-6)7(4)8/h4-7,9H,2-3,8H2,1H3. The molecule has 1 saturated carbocycles. The Morgan fingerprint density at radius 2 is 2.33 bits per heavy atom. The van der Waals surface area contributed by atoms with Gasteiger partial charge in [-0.1, -0.05) is 6.92 Å². The molecule has 2 aliphatic rings. The van der Waals surface area contributed by atoms with Gasteiger partial charge in [-0.25, -0.2) is 0 Å². The monoisotopic (exact) mass is 126 g/mol. The molecule has 3 N–H and O–H groups in total. The number of hydrogen-bond donors (Lipinski definition) is 2. The van der Waals surface area contributed by atoms with Crippen LogP contribution in [0.1, 0.15) is 13.3 Å². The van der Waals surface area contributed by atoms with Gasteiger partial charge >= 0.3 is 0 Å². The van der Waals surface area contributed by atoms with Gasteiger partial charge < -0.3 is 11.1 Å². The van der Waals surface area contributed by atoms with Gasteiger partial charge in [-0.05, 0) is 24.8 Å². The lowest BCUT2D eigenvalue weighted by Crippen LogP contribution is -2.44. The molecule has 0 spiro atoms. The Labute approximate surface area is 55.8 Å². The lowest BCUT2D eigenvalue weighted by Gasteiger charge is -2.25. The van der Waals surface area contributed by atoms with Gasteiger partial charge in [0, 0.05) is 12.1 Å². The van der Waals surface area contributed by atoms with E-state index in [2.05, 4.69) is 12.2 Å². The van der Waals surface area contributed by atoms with E-state index in [0.29, 0.717) is 12.0 Å². The van der Waals surface area contributed by atoms with Gasteiger partial charge in [-0.2, -0.15) is 0 Å². The summed E-state index contributed by atoms with van der Waals surface area (Å²) in [7, 11) is 0. The molecule has 1 heterocycles. The van der Waals surface area contributed by atoms with Crippen LogP contribution in [0, 0.1) is 11.8 Å². The van der Waals surface area contributed by atoms with Crippen LogP contribution in [-0.4, -0.2) is 18.6 Å². The molecule has 2 bridgehead atoms. The van der Waals surface area contributed by atoms with E-state index in [1.54, 1.807) is 0 Å². The van der Waals surface area contributed by atoms with Crippen LogP contribution in [0.2, 0.25) is 0 Å². The molecule has 0 amide bonds. The molecule has 2 rings (SSSR count). The van der Waals surface area contributed by atoms with Crippen molar-refractivity contribution < 1.29 is 0 Å². The first kappa shape index (κ1) is 5.69. The van der Waals surface area contributed by atoms with Gasteiger partial charge in [0.2, 0.25) is 0 Å². The van der Waals surface area contributed by atoms with Crippen molar-refractivity contribution >= 4 is 0 Å². The van der Waals surface area contributed by atoms with Gasteiger partial charge in [0.05, 0.1) is 0 Å². The van der Waals surface area contributed by atoms with E-state index in [0.717, 1.165) is 18.5 Å². The number of fused-ring (bicyclic) bond motifs is 2. The summed E-state index contributed by atoms with van der Waals surface area (Å²) in [4.78, 5) is 0. The maximum Gasteiger partial charge on any atom is 0.0120 e. The van der Waals surface area contributed by atoms with Crippen molar-refractivity contribution in [2.75, 3.05) is 6.54 Å². The number of piperidine rings is 1. The molecule has 4 atom stereocenters. The number of nitrogens with one attached hydrogen (secondary N) is 1. The summed E-state index contributed by atoms with van der Waals surface area (Å²) in [6.07, 6.45) is 1.32. The van der Waals surface area contributed by atoms with Crippen LogP contribution in [0.15, 0.2) is 0 Å². The summed E-state index contributed by atoms with van der Waals surface area (Å²) in [5, 5.41) is 3.46. The van der Waals surface area contributed by atoms with E-state index in [-0.39, 0.29) is 0 Å². The first-order valence-corrected chi connectivity index (χ1v) is 3.78. The fourth-order valence-electron chi connectivity index (χ4n) is 2.19. The lowest BCUT2D eigenvalue weighted by molar-refractivity contribution is 0.338. The van der Waals surface area contributed by atoms with Crippen molar-refractivity contribution in [3.63, 3.8) is 0 Å². The second-order valence-corrected chi connectivity index (χ2v) is 3.45. The highest BCUT2D eigenvalue weighted by Gasteiger charge is 2.42. The van der Waals surface area contributed by atoms with Gasteiger partial charge in [-0.3, -0.25) is 0 Å². The molecule has 2 fully saturated rings. The first-order chi connectivity index (χ1) is 4.29. The molecule has 1 aliphatic carbocycles. The normalized spacial score (nSPS) is 56.7. The van der Waals surface area contributed by atoms with Crippen LogP contribution in [0.25, 0.3) is 0 Å². The van der Waals surface area contributed by atoms with Gasteiger partial charge in [0.15, 0.2) is 0 Å². The predicted octanol–water partition coefficient (Wildman–Crippen LogP) is -0.0585. The van der Waals surface area contributed by atoms with E-state index < -0.39 is 0 Å². The fraction of sp³-hybridized carbons (Fsp3) is 1.00. The van der Waals surface area contributed by atoms with E-state index in [1.807, 2.05) is 0 Å². The summed E-state index contributed by atoms with van der Waals surface area (Å²) >= 11 is 0. The van der Waals surface area contributed by atoms with Gasteiger partial charge in [-0.15, -0.1) is 0 Å². The van der Waals surface area contributed by atoms with Crippen molar-refractivity contribution in [2.45, 2.75) is 25.4 Å². The predicted molar refractivity (Wildman–Crippen MR) is 37.0 cm³/mol. The van der Waals surface area contributed by atoms with Gasteiger partial charge in [0.25, 0.3) is 0 Å². The number of nitrogens with two attached hydrogens (primary N) is 1. The third-order valence-electron chi connectivity index (χ3n) is 2.99. The average Bonchev–Trinajstić information content (AvgIpc) is 2.37. The molecule has 0 radical (unpaired) electrons. The van der Waals surface area contributed by atoms with Gasteiger partial charge in [0.1, 0.15) is 0 Å². The SMILES string of the molecule is CC1C2CC(CN2)C1N. The molecular formula is C7H14N2. The summed E-state index contributed by atoms with van der Waals surface area (Å²) in [5.74, 6) is 1.49. The molecule has 0 aromatic heterocycles. The average molecular weight is 126 g/mol. The highest BCUT2D eigenvalue weighted by atomic mass is 15.0. The minimum absolute atomic E-state index is 0.483. The molecule has 52 valence electrons. The van der Waals surface area contributed by atoms with Crippen molar-refractivity contribution in [3.05, 3.63) is 0 Å². The summed E-state index contributed by atoms with van der Waals surface area (Å²) in [5.41, 5.74) is 5.92. The number of rotatable bonds is 0. The Morgan fingerprint density at radius 1 is 1.56 bits per heavy atom. The second-order valence-electron chi connectivity index (χ2n) is 3.45. The molecule has 2 heteroatoms. The smallest absolute Gasteiger partial charge is 0.0120 e. The summed E-state index contributed by atoms with van der Waals surface area (Å²) in [6, 6.07) is 1.22. The molecule has 2 nitrogen and oxygen atoms in total. The quantitative estimate of drug-likeness (QED) is 0.477. The zero-order chi connectivity index (χ0) is 6.43. The van der Waals surface area contributed by atoms with Crippen molar-refractivity contribution in [1.29, 1.82) is 0 Å². The Kier molecular flexibility index (Phi) is 1.08. The summed E-state index contributed by atoms with van der Waals surface area (Å²) in [6.45, 7) is 3.41. The van der Waals surface area contributed by atoms with Crippen molar-refractivity contribution in [1.82, 2.24) is 5.32 Å². The maximum atomic E-state index is 5.92. The van der Waals surface area contributed by atoms with E-state index in [9.17, 15) is 0 Å². The van der Waals surface area contributed by atoms with Crippen LogP contribution >= 0.6 is 0 Å². The summed E-state index contributed by atoms with van der Waals surface area (Å²) < 4.78 is 0. The molecule has 0 aromatic rings. The highest BCUT2D eigenvalue weighted by molar-refractivity contribution is 5.01. The Balaban J connectivity index is 2.15. The lowest BCUT2D eigenvalue weighted by atomic mass is 9.96. The molecular weight excluding hydrogens is 112 g/mol. The topological polar surface area (TPSA) is 38.0 Å². The maximum absolute atomic E-state index is 5.92. The third kappa shape index (κ3) is 0.634. The van der Waals surface area contributed by atoms with E-state index >= 15 is 0 Å². The van der Waals surface area contributed by atoms with Crippen LogP contribution in [0.4, 0.5) is 0 Å². The van der Waals surface area contributed by atoms with Crippen molar-refractivity contribution in [3.8, 4) is 0 Å². The number of hydrogen-bond acceptors (Lipinski definition) is 2. The first-order valence-electron chi connectivity index (χ1n) is 3.78.